The van der Waals surface area contributed by atoms with E-state index in [9.17, 15) is 17.7 Å². The summed E-state index contributed by atoms with van der Waals surface area (Å²) in [5.41, 5.74) is 0. The number of hydrogen-bond acceptors (Lipinski definition) is 2. The van der Waals surface area contributed by atoms with E-state index >= 15 is 0 Å². The van der Waals surface area contributed by atoms with Crippen LogP contribution in [0, 0.1) is 17.8 Å². The van der Waals surface area contributed by atoms with E-state index in [1.165, 1.54) is 0 Å². The second-order valence-corrected chi connectivity index (χ2v) is 4.40. The van der Waals surface area contributed by atoms with Crippen molar-refractivity contribution in [3.8, 4) is 0 Å². The van der Waals surface area contributed by atoms with Gasteiger partial charge in [0.05, 0.1) is 6.61 Å². The quantitative estimate of drug-likeness (QED) is 0.538. The van der Waals surface area contributed by atoms with E-state index in [-0.39, 0.29) is 12.5 Å². The minimum atomic E-state index is -4.88. The van der Waals surface area contributed by atoms with Crippen LogP contribution in [0.3, 0.4) is 0 Å². The van der Waals surface area contributed by atoms with Crippen LogP contribution in [-0.2, 0) is 9.53 Å². The highest BCUT2D eigenvalue weighted by Gasteiger charge is 2.66. The van der Waals surface area contributed by atoms with Gasteiger partial charge in [0.15, 0.2) is 0 Å². The van der Waals surface area contributed by atoms with Crippen molar-refractivity contribution in [2.24, 2.45) is 17.8 Å². The predicted octanol–water partition coefficient (Wildman–Crippen LogP) is 2.42. The van der Waals surface area contributed by atoms with Crippen molar-refractivity contribution in [2.45, 2.75) is 25.6 Å². The molecule has 0 aromatic heterocycles. The Kier molecular flexibility index (Phi) is 2.47. The van der Waals surface area contributed by atoms with Gasteiger partial charge in [-0.1, -0.05) is 5.82 Å². The number of rotatable bonds is 4. The molecule has 1 unspecified atom stereocenters. The van der Waals surface area contributed by atoms with Crippen LogP contribution in [0.4, 0.5) is 12.9 Å². The molecule has 0 amide bonds. The van der Waals surface area contributed by atoms with E-state index in [4.69, 9.17) is 0 Å². The Morgan fingerprint density at radius 1 is 1.40 bits per heavy atom. The van der Waals surface area contributed by atoms with Gasteiger partial charge in [0, 0.05) is 5.92 Å². The van der Waals surface area contributed by atoms with Gasteiger partial charge in [0.2, 0.25) is 0 Å². The number of carbonyl (C=O) groups excluding carboxylic acids is 1. The number of esters is 1. The van der Waals surface area contributed by atoms with Crippen molar-refractivity contribution in [1.82, 2.24) is 0 Å². The zero-order valence-corrected chi connectivity index (χ0v) is 8.46. The zero-order valence-electron chi connectivity index (χ0n) is 8.46. The second kappa shape index (κ2) is 3.42. The summed E-state index contributed by atoms with van der Waals surface area (Å²) in [6.07, 6.45) is 1.67. The van der Waals surface area contributed by atoms with Gasteiger partial charge in [0.25, 0.3) is 0 Å². The van der Waals surface area contributed by atoms with Crippen LogP contribution >= 0.6 is 0 Å². The maximum Gasteiger partial charge on any atom is 0.482 e. The molecule has 2 saturated carbocycles. The fraction of sp³-hybridized carbons (Fsp3) is 0.889. The molecule has 0 radical (unpaired) electrons. The average Bonchev–Trinajstić information content (AvgIpc) is 2.96. The Bertz CT molecular complexity index is 275. The van der Waals surface area contributed by atoms with E-state index in [1.54, 1.807) is 6.92 Å². The zero-order chi connectivity index (χ0) is 11.2. The van der Waals surface area contributed by atoms with Crippen LogP contribution in [0.25, 0.3) is 0 Å². The Hall–Kier alpha value is -0.675. The molecule has 0 N–H and O–H groups in total. The third-order valence-corrected chi connectivity index (χ3v) is 3.29. The first-order chi connectivity index (χ1) is 6.96. The molecular weight excluding hydrogens is 208 g/mol. The lowest BCUT2D eigenvalue weighted by molar-refractivity contribution is -0.145. The molecule has 0 saturated heterocycles. The van der Waals surface area contributed by atoms with Crippen molar-refractivity contribution in [3.05, 3.63) is 0 Å². The summed E-state index contributed by atoms with van der Waals surface area (Å²) in [7, 11) is 0. The van der Waals surface area contributed by atoms with E-state index in [2.05, 4.69) is 4.74 Å². The normalized spacial score (nSPS) is 35.1. The first-order valence-electron chi connectivity index (χ1n) is 5.33. The number of hydrogen-bond donors (Lipinski definition) is 0. The monoisotopic (exact) mass is 221 g/mol. The largest absolute Gasteiger partial charge is 0.482 e. The minimum absolute atomic E-state index is 0.118. The fourth-order valence-corrected chi connectivity index (χ4v) is 2.49. The molecule has 2 nitrogen and oxygen atoms in total. The smallest absolute Gasteiger partial charge is 0.466 e. The molecule has 2 aliphatic carbocycles. The van der Waals surface area contributed by atoms with Gasteiger partial charge in [-0.05, 0) is 31.6 Å². The molecule has 0 aromatic carbocycles. The SMILES string of the molecule is CCOC(=O)[C@H]1C(C2CC2)[C@@H]1[B-](F)(F)F. The van der Waals surface area contributed by atoms with Crippen LogP contribution in [0.1, 0.15) is 19.8 Å². The maximum atomic E-state index is 12.6. The van der Waals surface area contributed by atoms with Crippen LogP contribution in [0.2, 0.25) is 5.82 Å². The summed E-state index contributed by atoms with van der Waals surface area (Å²) < 4.78 is 42.4. The van der Waals surface area contributed by atoms with Crippen molar-refractivity contribution in [2.75, 3.05) is 6.61 Å². The van der Waals surface area contributed by atoms with Crippen LogP contribution < -0.4 is 0 Å². The Balaban J connectivity index is 2.02. The minimum Gasteiger partial charge on any atom is -0.466 e. The van der Waals surface area contributed by atoms with Gasteiger partial charge in [-0.3, -0.25) is 4.79 Å². The van der Waals surface area contributed by atoms with E-state index in [0.29, 0.717) is 0 Å². The Morgan fingerprint density at radius 3 is 2.40 bits per heavy atom. The molecule has 2 aliphatic rings. The highest BCUT2D eigenvalue weighted by atomic mass is 19.4. The van der Waals surface area contributed by atoms with Crippen LogP contribution in [0.5, 0.6) is 0 Å². The summed E-state index contributed by atoms with van der Waals surface area (Å²) >= 11 is 0. The second-order valence-electron chi connectivity index (χ2n) is 4.40. The van der Waals surface area contributed by atoms with E-state index in [1.807, 2.05) is 0 Å². The van der Waals surface area contributed by atoms with Crippen molar-refractivity contribution in [3.63, 3.8) is 0 Å². The molecule has 6 heteroatoms. The first-order valence-corrected chi connectivity index (χ1v) is 5.33. The maximum absolute atomic E-state index is 12.6. The van der Waals surface area contributed by atoms with Crippen molar-refractivity contribution < 1.29 is 22.5 Å². The highest BCUT2D eigenvalue weighted by molar-refractivity contribution is 6.62. The molecule has 0 spiro atoms. The van der Waals surface area contributed by atoms with Gasteiger partial charge in [-0.15, -0.1) is 0 Å². The summed E-state index contributed by atoms with van der Waals surface area (Å²) in [6.45, 7) is -3.12. The average molecular weight is 221 g/mol. The molecule has 0 heterocycles. The fourth-order valence-electron chi connectivity index (χ4n) is 2.49. The molecule has 86 valence electrons. The lowest BCUT2D eigenvalue weighted by Gasteiger charge is -2.12. The summed E-state index contributed by atoms with van der Waals surface area (Å²) in [5, 5.41) is 0. The molecule has 15 heavy (non-hydrogen) atoms. The van der Waals surface area contributed by atoms with Gasteiger partial charge in [0.1, 0.15) is 0 Å². The molecule has 0 aromatic rings. The molecular formula is C9H13BF3O2-. The molecule has 3 atom stereocenters. The summed E-state index contributed by atoms with van der Waals surface area (Å²) in [5.74, 6) is -3.27. The van der Waals surface area contributed by atoms with E-state index < -0.39 is 30.6 Å². The third kappa shape index (κ3) is 1.99. The number of ether oxygens (including phenoxy) is 1. The Labute approximate surface area is 86.2 Å². The molecule has 2 rings (SSSR count). The van der Waals surface area contributed by atoms with Gasteiger partial charge in [-0.2, -0.15) is 0 Å². The summed E-state index contributed by atoms with van der Waals surface area (Å²) in [4.78, 5) is 11.3. The van der Waals surface area contributed by atoms with Crippen LogP contribution in [-0.4, -0.2) is 19.6 Å². The molecule has 0 bridgehead atoms. The number of carbonyl (C=O) groups is 1. The summed E-state index contributed by atoms with van der Waals surface area (Å²) in [6, 6.07) is 0. The highest BCUT2D eigenvalue weighted by Crippen LogP contribution is 2.67. The lowest BCUT2D eigenvalue weighted by Crippen LogP contribution is -2.19. The van der Waals surface area contributed by atoms with Crippen molar-refractivity contribution in [1.29, 1.82) is 0 Å². The van der Waals surface area contributed by atoms with Gasteiger partial charge in [-0.25, -0.2) is 0 Å². The number of halogens is 3. The molecule has 2 fully saturated rings. The topological polar surface area (TPSA) is 26.3 Å². The standard InChI is InChI=1S/C9H13BF3O2/c1-2-15-9(14)7-6(5-3-4-5)8(7)10(11,12)13/h5-8H,2-4H2,1H3/q-1/t6?,7-,8-/m0/s1. The molecule has 0 aliphatic heterocycles. The van der Waals surface area contributed by atoms with E-state index in [0.717, 1.165) is 12.8 Å². The van der Waals surface area contributed by atoms with Gasteiger partial charge >= 0.3 is 12.9 Å². The Morgan fingerprint density at radius 2 is 2.00 bits per heavy atom. The first kappa shape index (κ1) is 10.8. The van der Waals surface area contributed by atoms with Crippen molar-refractivity contribution >= 4 is 12.9 Å². The lowest BCUT2D eigenvalue weighted by atomic mass is 9.80. The van der Waals surface area contributed by atoms with Gasteiger partial charge < -0.3 is 17.7 Å². The van der Waals surface area contributed by atoms with Crippen LogP contribution in [0.15, 0.2) is 0 Å². The third-order valence-electron chi connectivity index (χ3n) is 3.29. The predicted molar refractivity (Wildman–Crippen MR) is 49.2 cm³/mol.